The van der Waals surface area contributed by atoms with Gasteiger partial charge in [-0.1, -0.05) is 30.9 Å². The van der Waals surface area contributed by atoms with E-state index in [0.717, 1.165) is 23.0 Å². The predicted molar refractivity (Wildman–Crippen MR) is 52.9 cm³/mol. The molecule has 1 aliphatic heterocycles. The molecule has 0 spiro atoms. The van der Waals surface area contributed by atoms with Gasteiger partial charge in [0.25, 0.3) is 0 Å². The summed E-state index contributed by atoms with van der Waals surface area (Å²) in [6.07, 6.45) is 1.19. The first-order valence-corrected chi connectivity index (χ1v) is 5.15. The van der Waals surface area contributed by atoms with Gasteiger partial charge in [-0.2, -0.15) is 0 Å². The number of hydrogen-bond acceptors (Lipinski definition) is 3. The van der Waals surface area contributed by atoms with E-state index in [1.54, 1.807) is 18.9 Å². The van der Waals surface area contributed by atoms with Crippen LogP contribution < -0.4 is 0 Å². The Bertz CT molecular complexity index is 147. The molecule has 0 aromatic carbocycles. The molecule has 64 valence electrons. The summed E-state index contributed by atoms with van der Waals surface area (Å²) < 4.78 is 6.26. The number of nitrogens with zero attached hydrogens (tertiary/aromatic N) is 1. The van der Waals surface area contributed by atoms with Crippen LogP contribution in [0.1, 0.15) is 13.3 Å². The molecule has 1 unspecified atom stereocenters. The summed E-state index contributed by atoms with van der Waals surface area (Å²) in [7, 11) is 1.74. The Kier molecular flexibility index (Phi) is 3.62. The van der Waals surface area contributed by atoms with Gasteiger partial charge in [-0.05, 0) is 6.42 Å². The average Bonchev–Trinajstić information content (AvgIpc) is 2.40. The van der Waals surface area contributed by atoms with Gasteiger partial charge in [0.1, 0.15) is 10.5 Å². The SMILES string of the molecule is CCC(OC)N1CCSC1=S. The molecule has 0 amide bonds. The molecule has 0 aliphatic carbocycles. The molecule has 0 N–H and O–H groups in total. The van der Waals surface area contributed by atoms with Gasteiger partial charge in [-0.15, -0.1) is 0 Å². The van der Waals surface area contributed by atoms with E-state index in [4.69, 9.17) is 17.0 Å². The van der Waals surface area contributed by atoms with Crippen molar-refractivity contribution in [1.82, 2.24) is 4.90 Å². The van der Waals surface area contributed by atoms with Crippen molar-refractivity contribution >= 4 is 28.3 Å². The van der Waals surface area contributed by atoms with E-state index >= 15 is 0 Å². The van der Waals surface area contributed by atoms with Crippen LogP contribution in [0.25, 0.3) is 0 Å². The molecule has 0 saturated carbocycles. The second-order valence-electron chi connectivity index (χ2n) is 2.41. The summed E-state index contributed by atoms with van der Waals surface area (Å²) in [4.78, 5) is 2.15. The van der Waals surface area contributed by atoms with Crippen molar-refractivity contribution in [2.45, 2.75) is 19.6 Å². The number of hydrogen-bond donors (Lipinski definition) is 0. The van der Waals surface area contributed by atoms with E-state index in [2.05, 4.69) is 11.8 Å². The standard InChI is InChI=1S/C7H13NOS2/c1-3-6(9-2)8-4-5-11-7(8)10/h6H,3-5H2,1-2H3. The molecule has 1 aliphatic rings. The van der Waals surface area contributed by atoms with Crippen LogP contribution >= 0.6 is 24.0 Å². The first kappa shape index (κ1) is 9.29. The molecule has 11 heavy (non-hydrogen) atoms. The van der Waals surface area contributed by atoms with Crippen molar-refractivity contribution in [3.05, 3.63) is 0 Å². The Hall–Kier alpha value is 0.200. The van der Waals surface area contributed by atoms with Gasteiger partial charge in [-0.25, -0.2) is 0 Å². The minimum Gasteiger partial charge on any atom is -0.362 e. The number of ether oxygens (including phenoxy) is 1. The number of rotatable bonds is 3. The Morgan fingerprint density at radius 1 is 1.82 bits per heavy atom. The van der Waals surface area contributed by atoms with Crippen molar-refractivity contribution in [2.24, 2.45) is 0 Å². The quantitative estimate of drug-likeness (QED) is 0.629. The topological polar surface area (TPSA) is 12.5 Å². The molecule has 4 heteroatoms. The van der Waals surface area contributed by atoms with Gasteiger partial charge in [0.2, 0.25) is 0 Å². The minimum absolute atomic E-state index is 0.192. The first-order valence-electron chi connectivity index (χ1n) is 3.75. The highest BCUT2D eigenvalue weighted by Crippen LogP contribution is 2.21. The van der Waals surface area contributed by atoms with Crippen LogP contribution in [-0.2, 0) is 4.74 Å². The van der Waals surface area contributed by atoms with Crippen molar-refractivity contribution in [2.75, 3.05) is 19.4 Å². The van der Waals surface area contributed by atoms with Crippen LogP contribution in [0.4, 0.5) is 0 Å². The molecule has 0 aromatic rings. The highest BCUT2D eigenvalue weighted by Gasteiger charge is 2.23. The van der Waals surface area contributed by atoms with Crippen LogP contribution in [0.3, 0.4) is 0 Å². The van der Waals surface area contributed by atoms with E-state index in [1.165, 1.54) is 0 Å². The van der Waals surface area contributed by atoms with Crippen LogP contribution in [0, 0.1) is 0 Å². The molecule has 1 saturated heterocycles. The molecule has 1 atom stereocenters. The van der Waals surface area contributed by atoms with Gasteiger partial charge >= 0.3 is 0 Å². The molecule has 0 aromatic heterocycles. The van der Waals surface area contributed by atoms with E-state index in [-0.39, 0.29) is 6.23 Å². The predicted octanol–water partition coefficient (Wildman–Crippen LogP) is 1.70. The average molecular weight is 191 g/mol. The van der Waals surface area contributed by atoms with Crippen molar-refractivity contribution in [3.63, 3.8) is 0 Å². The molecule has 1 heterocycles. The Labute approximate surface area is 77.3 Å². The fourth-order valence-corrected chi connectivity index (χ4v) is 2.48. The highest BCUT2D eigenvalue weighted by atomic mass is 32.2. The second kappa shape index (κ2) is 4.28. The molecule has 0 bridgehead atoms. The lowest BCUT2D eigenvalue weighted by Crippen LogP contribution is -2.35. The monoisotopic (exact) mass is 191 g/mol. The van der Waals surface area contributed by atoms with Crippen LogP contribution in [0.2, 0.25) is 0 Å². The van der Waals surface area contributed by atoms with E-state index in [9.17, 15) is 0 Å². The van der Waals surface area contributed by atoms with Gasteiger partial charge in [0.15, 0.2) is 0 Å². The van der Waals surface area contributed by atoms with Crippen LogP contribution in [0.5, 0.6) is 0 Å². The summed E-state index contributed by atoms with van der Waals surface area (Å²) >= 11 is 6.90. The summed E-state index contributed by atoms with van der Waals surface area (Å²) in [5.74, 6) is 1.11. The summed E-state index contributed by atoms with van der Waals surface area (Å²) in [5, 5.41) is 0. The zero-order valence-corrected chi connectivity index (χ0v) is 8.50. The smallest absolute Gasteiger partial charge is 0.138 e. The maximum atomic E-state index is 5.28. The Morgan fingerprint density at radius 3 is 2.91 bits per heavy atom. The van der Waals surface area contributed by atoms with Gasteiger partial charge < -0.3 is 9.64 Å². The zero-order valence-electron chi connectivity index (χ0n) is 6.87. The molecule has 2 nitrogen and oxygen atoms in total. The summed E-state index contributed by atoms with van der Waals surface area (Å²) in [6.45, 7) is 3.15. The third kappa shape index (κ3) is 2.07. The van der Waals surface area contributed by atoms with E-state index in [1.807, 2.05) is 0 Å². The van der Waals surface area contributed by atoms with E-state index < -0.39 is 0 Å². The maximum absolute atomic E-state index is 5.28. The summed E-state index contributed by atoms with van der Waals surface area (Å²) in [6, 6.07) is 0. The lowest BCUT2D eigenvalue weighted by atomic mass is 10.4. The number of thioether (sulfide) groups is 1. The number of thiocarbonyl (C=S) groups is 1. The fraction of sp³-hybridized carbons (Fsp3) is 0.857. The molecule has 1 fully saturated rings. The van der Waals surface area contributed by atoms with Gasteiger partial charge in [-0.3, -0.25) is 0 Å². The van der Waals surface area contributed by atoms with Crippen molar-refractivity contribution < 1.29 is 4.74 Å². The second-order valence-corrected chi connectivity index (χ2v) is 4.14. The van der Waals surface area contributed by atoms with Gasteiger partial charge in [0, 0.05) is 19.4 Å². The largest absolute Gasteiger partial charge is 0.362 e. The highest BCUT2D eigenvalue weighted by molar-refractivity contribution is 8.23. The zero-order chi connectivity index (χ0) is 8.27. The molecule has 1 rings (SSSR count). The fourth-order valence-electron chi connectivity index (χ4n) is 1.18. The Morgan fingerprint density at radius 2 is 2.55 bits per heavy atom. The molecular formula is C7H13NOS2. The van der Waals surface area contributed by atoms with Crippen LogP contribution in [0.15, 0.2) is 0 Å². The minimum atomic E-state index is 0.192. The van der Waals surface area contributed by atoms with Crippen LogP contribution in [-0.4, -0.2) is 34.9 Å². The molecular weight excluding hydrogens is 178 g/mol. The summed E-state index contributed by atoms with van der Waals surface area (Å²) in [5.41, 5.74) is 0. The number of methoxy groups -OCH3 is 1. The third-order valence-electron chi connectivity index (χ3n) is 1.76. The Balaban J connectivity index is 2.49. The van der Waals surface area contributed by atoms with E-state index in [0.29, 0.717) is 0 Å². The van der Waals surface area contributed by atoms with Crippen molar-refractivity contribution in [1.29, 1.82) is 0 Å². The lowest BCUT2D eigenvalue weighted by Gasteiger charge is -2.25. The lowest BCUT2D eigenvalue weighted by molar-refractivity contribution is 0.0123. The third-order valence-corrected chi connectivity index (χ3v) is 3.22. The first-order chi connectivity index (χ1) is 5.29. The van der Waals surface area contributed by atoms with Gasteiger partial charge in [0.05, 0.1) is 0 Å². The van der Waals surface area contributed by atoms with Crippen molar-refractivity contribution in [3.8, 4) is 0 Å². The normalized spacial score (nSPS) is 20.9. The maximum Gasteiger partial charge on any atom is 0.138 e. The molecule has 0 radical (unpaired) electrons.